The molecule has 2 aromatic carbocycles. The molecule has 4 heteroatoms. The fraction of sp³-hybridized carbons (Fsp3) is 0.133. The van der Waals surface area contributed by atoms with Crippen molar-refractivity contribution < 1.29 is 4.74 Å². The third-order valence-electron chi connectivity index (χ3n) is 2.77. The average Bonchev–Trinajstić information content (AvgIpc) is 2.41. The molecular weight excluding hydrogens is 281 g/mol. The second kappa shape index (κ2) is 5.97. The summed E-state index contributed by atoms with van der Waals surface area (Å²) in [4.78, 5) is 0. The molecular formula is C15H11Cl2NO. The maximum absolute atomic E-state index is 8.81. The van der Waals surface area contributed by atoms with Crippen molar-refractivity contribution in [3.63, 3.8) is 0 Å². The van der Waals surface area contributed by atoms with Gasteiger partial charge in [0, 0.05) is 0 Å². The largest absolute Gasteiger partial charge is 0.487 e. The minimum Gasteiger partial charge on any atom is -0.487 e. The van der Waals surface area contributed by atoms with Gasteiger partial charge in [0.1, 0.15) is 17.4 Å². The Morgan fingerprint density at radius 2 is 2.00 bits per heavy atom. The van der Waals surface area contributed by atoms with Gasteiger partial charge in [-0.3, -0.25) is 0 Å². The van der Waals surface area contributed by atoms with E-state index in [9.17, 15) is 0 Å². The molecule has 0 unspecified atom stereocenters. The number of hydrogen-bond donors (Lipinski definition) is 0. The number of nitriles is 1. The number of aryl methyl sites for hydroxylation is 1. The van der Waals surface area contributed by atoms with Crippen molar-refractivity contribution in [3.8, 4) is 11.8 Å². The lowest BCUT2D eigenvalue weighted by Crippen LogP contribution is -1.98. The van der Waals surface area contributed by atoms with Crippen molar-refractivity contribution in [2.24, 2.45) is 0 Å². The Morgan fingerprint density at radius 1 is 1.21 bits per heavy atom. The third-order valence-corrected chi connectivity index (χ3v) is 3.57. The standard InChI is InChI=1S/C15H11Cl2NO/c1-10-7-11(8-18)5-6-12(10)9-19-14-4-2-3-13(16)15(14)17/h2-7H,9H2,1H3. The summed E-state index contributed by atoms with van der Waals surface area (Å²) in [5.41, 5.74) is 2.66. The summed E-state index contributed by atoms with van der Waals surface area (Å²) in [7, 11) is 0. The summed E-state index contributed by atoms with van der Waals surface area (Å²) in [5, 5.41) is 9.70. The quantitative estimate of drug-likeness (QED) is 0.817. The van der Waals surface area contributed by atoms with Crippen molar-refractivity contribution in [2.45, 2.75) is 13.5 Å². The van der Waals surface area contributed by atoms with E-state index in [1.807, 2.05) is 19.1 Å². The van der Waals surface area contributed by atoms with Crippen LogP contribution in [-0.4, -0.2) is 0 Å². The molecule has 0 aromatic heterocycles. The first-order valence-electron chi connectivity index (χ1n) is 5.68. The van der Waals surface area contributed by atoms with Crippen LogP contribution in [0.1, 0.15) is 16.7 Å². The number of hydrogen-bond acceptors (Lipinski definition) is 2. The maximum Gasteiger partial charge on any atom is 0.139 e. The molecule has 0 fully saturated rings. The Labute approximate surface area is 122 Å². The molecule has 2 nitrogen and oxygen atoms in total. The number of benzene rings is 2. The van der Waals surface area contributed by atoms with Crippen molar-refractivity contribution in [2.75, 3.05) is 0 Å². The summed E-state index contributed by atoms with van der Waals surface area (Å²) >= 11 is 12.0. The molecule has 0 heterocycles. The molecule has 19 heavy (non-hydrogen) atoms. The molecule has 0 aliphatic rings. The molecule has 0 saturated carbocycles. The van der Waals surface area contributed by atoms with E-state index in [1.54, 1.807) is 24.3 Å². The van der Waals surface area contributed by atoms with Gasteiger partial charge in [-0.05, 0) is 42.3 Å². The van der Waals surface area contributed by atoms with Gasteiger partial charge >= 0.3 is 0 Å². The Morgan fingerprint density at radius 3 is 2.68 bits per heavy atom. The molecule has 0 spiro atoms. The predicted molar refractivity (Wildman–Crippen MR) is 76.7 cm³/mol. The fourth-order valence-electron chi connectivity index (χ4n) is 1.68. The van der Waals surface area contributed by atoms with Gasteiger partial charge < -0.3 is 4.74 Å². The fourth-order valence-corrected chi connectivity index (χ4v) is 2.02. The molecule has 96 valence electrons. The summed E-state index contributed by atoms with van der Waals surface area (Å²) in [6.45, 7) is 2.33. The van der Waals surface area contributed by atoms with E-state index in [-0.39, 0.29) is 0 Å². The second-order valence-corrected chi connectivity index (χ2v) is 4.88. The third kappa shape index (κ3) is 3.20. The Hall–Kier alpha value is -1.69. The molecule has 2 aromatic rings. The number of ether oxygens (including phenoxy) is 1. The lowest BCUT2D eigenvalue weighted by atomic mass is 10.1. The predicted octanol–water partition coefficient (Wildman–Crippen LogP) is 4.75. The monoisotopic (exact) mass is 291 g/mol. The Kier molecular flexibility index (Phi) is 4.31. The van der Waals surface area contributed by atoms with Gasteiger partial charge in [0.2, 0.25) is 0 Å². The van der Waals surface area contributed by atoms with Crippen LogP contribution in [0.5, 0.6) is 5.75 Å². The summed E-state index contributed by atoms with van der Waals surface area (Å²) in [6.07, 6.45) is 0. The summed E-state index contributed by atoms with van der Waals surface area (Å²) < 4.78 is 5.66. The Bertz CT molecular complexity index is 647. The van der Waals surface area contributed by atoms with E-state index in [1.165, 1.54) is 0 Å². The topological polar surface area (TPSA) is 33.0 Å². The normalized spacial score (nSPS) is 10.0. The van der Waals surface area contributed by atoms with Crippen LogP contribution < -0.4 is 4.74 Å². The van der Waals surface area contributed by atoms with Gasteiger partial charge in [-0.25, -0.2) is 0 Å². The van der Waals surface area contributed by atoms with Crippen LogP contribution in [0.4, 0.5) is 0 Å². The molecule has 0 saturated heterocycles. The van der Waals surface area contributed by atoms with Crippen LogP contribution >= 0.6 is 23.2 Å². The molecule has 0 aliphatic carbocycles. The van der Waals surface area contributed by atoms with Gasteiger partial charge in [-0.15, -0.1) is 0 Å². The average molecular weight is 292 g/mol. The van der Waals surface area contributed by atoms with E-state index in [2.05, 4.69) is 6.07 Å². The number of nitrogens with zero attached hydrogens (tertiary/aromatic N) is 1. The van der Waals surface area contributed by atoms with Crippen molar-refractivity contribution >= 4 is 23.2 Å². The molecule has 0 N–H and O–H groups in total. The summed E-state index contributed by atoms with van der Waals surface area (Å²) in [5.74, 6) is 0.554. The second-order valence-electron chi connectivity index (χ2n) is 4.09. The molecule has 2 rings (SSSR count). The lowest BCUT2D eigenvalue weighted by molar-refractivity contribution is 0.305. The highest BCUT2D eigenvalue weighted by Gasteiger charge is 2.07. The van der Waals surface area contributed by atoms with Gasteiger partial charge in [-0.1, -0.05) is 35.3 Å². The van der Waals surface area contributed by atoms with E-state index in [0.29, 0.717) is 28.0 Å². The zero-order valence-electron chi connectivity index (χ0n) is 10.3. The molecule has 0 amide bonds. The van der Waals surface area contributed by atoms with Gasteiger partial charge in [0.05, 0.1) is 16.7 Å². The first-order valence-corrected chi connectivity index (χ1v) is 6.44. The number of halogens is 2. The van der Waals surface area contributed by atoms with Gasteiger partial charge in [0.25, 0.3) is 0 Å². The Balaban J connectivity index is 2.15. The lowest BCUT2D eigenvalue weighted by Gasteiger charge is -2.10. The van der Waals surface area contributed by atoms with Crippen LogP contribution in [0.15, 0.2) is 36.4 Å². The van der Waals surface area contributed by atoms with E-state index < -0.39 is 0 Å². The molecule has 0 atom stereocenters. The van der Waals surface area contributed by atoms with Crippen LogP contribution in [0.2, 0.25) is 10.0 Å². The SMILES string of the molecule is Cc1cc(C#N)ccc1COc1cccc(Cl)c1Cl. The zero-order valence-corrected chi connectivity index (χ0v) is 11.8. The van der Waals surface area contributed by atoms with Crippen LogP contribution in [0.3, 0.4) is 0 Å². The zero-order chi connectivity index (χ0) is 13.8. The van der Waals surface area contributed by atoms with E-state index >= 15 is 0 Å². The minimum absolute atomic E-state index is 0.387. The van der Waals surface area contributed by atoms with Crippen molar-refractivity contribution in [1.82, 2.24) is 0 Å². The van der Waals surface area contributed by atoms with Crippen molar-refractivity contribution in [1.29, 1.82) is 5.26 Å². The molecule has 0 aliphatic heterocycles. The first-order chi connectivity index (χ1) is 9.11. The number of rotatable bonds is 3. The smallest absolute Gasteiger partial charge is 0.139 e. The minimum atomic E-state index is 0.387. The van der Waals surface area contributed by atoms with Crippen molar-refractivity contribution in [3.05, 3.63) is 63.1 Å². The highest BCUT2D eigenvalue weighted by molar-refractivity contribution is 6.42. The highest BCUT2D eigenvalue weighted by Crippen LogP contribution is 2.32. The first kappa shape index (κ1) is 13.7. The highest BCUT2D eigenvalue weighted by atomic mass is 35.5. The van der Waals surface area contributed by atoms with Gasteiger partial charge in [-0.2, -0.15) is 5.26 Å². The van der Waals surface area contributed by atoms with Crippen LogP contribution in [0.25, 0.3) is 0 Å². The van der Waals surface area contributed by atoms with E-state index in [0.717, 1.165) is 11.1 Å². The maximum atomic E-state index is 8.81. The molecule has 0 radical (unpaired) electrons. The summed E-state index contributed by atoms with van der Waals surface area (Å²) in [6, 6.07) is 12.9. The van der Waals surface area contributed by atoms with Gasteiger partial charge in [0.15, 0.2) is 0 Å². The van der Waals surface area contributed by atoms with E-state index in [4.69, 9.17) is 33.2 Å². The van der Waals surface area contributed by atoms with Crippen LogP contribution in [0, 0.1) is 18.3 Å². The van der Waals surface area contributed by atoms with Crippen LogP contribution in [-0.2, 0) is 6.61 Å². The molecule has 0 bridgehead atoms.